The first kappa shape index (κ1) is 28.1. The van der Waals surface area contributed by atoms with Crippen LogP contribution in [-0.4, -0.2) is 42.7 Å². The highest BCUT2D eigenvalue weighted by Crippen LogP contribution is 2.27. The minimum atomic E-state index is -0.602. The molecule has 1 aliphatic heterocycles. The number of carbonyl (C=O) groups is 2. The van der Waals surface area contributed by atoms with E-state index < -0.39 is 6.10 Å². The second-order valence-corrected chi connectivity index (χ2v) is 11.2. The van der Waals surface area contributed by atoms with Crippen LogP contribution in [0.1, 0.15) is 48.8 Å². The fourth-order valence-electron chi connectivity index (χ4n) is 4.83. The molecule has 2 N–H and O–H groups in total. The lowest BCUT2D eigenvalue weighted by atomic mass is 9.96. The van der Waals surface area contributed by atoms with Crippen molar-refractivity contribution in [1.29, 1.82) is 0 Å². The van der Waals surface area contributed by atoms with Crippen molar-refractivity contribution in [3.63, 3.8) is 0 Å². The van der Waals surface area contributed by atoms with Crippen molar-refractivity contribution < 1.29 is 18.7 Å². The molecule has 0 spiro atoms. The number of thioether (sulfide) groups is 1. The van der Waals surface area contributed by atoms with E-state index in [1.54, 1.807) is 18.0 Å². The molecule has 1 aliphatic rings. The summed E-state index contributed by atoms with van der Waals surface area (Å²) in [7, 11) is 0. The summed E-state index contributed by atoms with van der Waals surface area (Å²) in [5.41, 5.74) is 3.21. The van der Waals surface area contributed by atoms with Crippen molar-refractivity contribution in [2.24, 2.45) is 5.92 Å². The Morgan fingerprint density at radius 1 is 1.03 bits per heavy atom. The molecule has 0 saturated heterocycles. The topological polar surface area (TPSA) is 80.6 Å². The molecule has 3 aromatic rings. The van der Waals surface area contributed by atoms with E-state index >= 15 is 0 Å². The van der Waals surface area contributed by atoms with Gasteiger partial charge in [-0.2, -0.15) is 0 Å². The zero-order chi connectivity index (χ0) is 26.7. The van der Waals surface area contributed by atoms with E-state index in [4.69, 9.17) is 9.15 Å². The third-order valence-corrected chi connectivity index (χ3v) is 7.66. The summed E-state index contributed by atoms with van der Waals surface area (Å²) in [4.78, 5) is 26.6. The zero-order valence-corrected chi connectivity index (χ0v) is 23.0. The van der Waals surface area contributed by atoms with Gasteiger partial charge in [-0.25, -0.2) is 0 Å². The van der Waals surface area contributed by atoms with Gasteiger partial charge >= 0.3 is 0 Å². The first-order valence-corrected chi connectivity index (χ1v) is 14.5. The second kappa shape index (κ2) is 14.3. The Labute approximate surface area is 229 Å². The number of Topliss-reactive ketones (excluding diaryl/α,β-unsaturated/α-hetero) is 1. The molecule has 0 aliphatic carbocycles. The van der Waals surface area contributed by atoms with Crippen LogP contribution in [0.3, 0.4) is 0 Å². The van der Waals surface area contributed by atoms with Crippen molar-refractivity contribution in [2.75, 3.05) is 18.9 Å². The van der Waals surface area contributed by atoms with Crippen LogP contribution < -0.4 is 10.6 Å². The second-order valence-electron chi connectivity index (χ2n) is 10.2. The lowest BCUT2D eigenvalue weighted by molar-refractivity contribution is -0.135. The van der Waals surface area contributed by atoms with Gasteiger partial charge in [0.05, 0.1) is 30.4 Å². The van der Waals surface area contributed by atoms with E-state index in [9.17, 15) is 9.59 Å². The van der Waals surface area contributed by atoms with Crippen LogP contribution in [0.4, 0.5) is 0 Å². The van der Waals surface area contributed by atoms with Crippen molar-refractivity contribution in [2.45, 2.75) is 57.1 Å². The highest BCUT2D eigenvalue weighted by atomic mass is 32.2. The Morgan fingerprint density at radius 2 is 1.82 bits per heavy atom. The van der Waals surface area contributed by atoms with Gasteiger partial charge in [0.2, 0.25) is 0 Å². The predicted molar refractivity (Wildman–Crippen MR) is 152 cm³/mol. The number of furan rings is 1. The summed E-state index contributed by atoms with van der Waals surface area (Å²) in [5, 5.41) is 6.73. The van der Waals surface area contributed by atoms with Crippen molar-refractivity contribution >= 4 is 23.5 Å². The number of nitrogens with one attached hydrogen (secondary N) is 2. The van der Waals surface area contributed by atoms with Gasteiger partial charge in [0.1, 0.15) is 5.76 Å². The normalized spacial score (nSPS) is 16.6. The number of carbonyl (C=O) groups excluding carboxylic acids is 2. The Balaban J connectivity index is 1.40. The Bertz CT molecular complexity index is 1150. The average molecular weight is 535 g/mol. The molecule has 0 saturated carbocycles. The van der Waals surface area contributed by atoms with Crippen molar-refractivity contribution in [3.8, 4) is 0 Å². The summed E-state index contributed by atoms with van der Waals surface area (Å²) >= 11 is 1.56. The fraction of sp³-hybridized carbons (Fsp3) is 0.419. The number of ketones is 1. The quantitative estimate of drug-likeness (QED) is 0.299. The molecule has 1 amide bonds. The highest BCUT2D eigenvalue weighted by Gasteiger charge is 2.29. The third kappa shape index (κ3) is 8.32. The summed E-state index contributed by atoms with van der Waals surface area (Å²) in [6, 6.07) is 21.4. The van der Waals surface area contributed by atoms with Gasteiger partial charge in [-0.3, -0.25) is 9.59 Å². The molecule has 202 valence electrons. The van der Waals surface area contributed by atoms with Crippen LogP contribution in [0.15, 0.2) is 77.4 Å². The average Bonchev–Trinajstić information content (AvgIpc) is 3.44. The van der Waals surface area contributed by atoms with Gasteiger partial charge in [-0.15, -0.1) is 11.8 Å². The SMILES string of the molecule is CC(C)CC(CNC(Cc1ccccc1)C(=O)CSCc1ccco1)NC(=O)C1OCCc2ccccc21. The predicted octanol–water partition coefficient (Wildman–Crippen LogP) is 5.13. The molecule has 3 unspecified atom stereocenters. The first-order chi connectivity index (χ1) is 18.5. The van der Waals surface area contributed by atoms with E-state index in [0.717, 1.165) is 35.3 Å². The standard InChI is InChI=1S/C31H38N2O4S/c1-22(2)17-25(33-31(35)30-27-13-7-6-11-24(27)14-16-37-30)19-32-28(18-23-9-4-3-5-10-23)29(34)21-38-20-26-12-8-15-36-26/h3-13,15,22,25,28,30,32H,14,16-21H2,1-2H3,(H,33,35). The van der Waals surface area contributed by atoms with E-state index in [-0.39, 0.29) is 23.8 Å². The van der Waals surface area contributed by atoms with Gasteiger partial charge in [-0.1, -0.05) is 68.4 Å². The summed E-state index contributed by atoms with van der Waals surface area (Å²) < 4.78 is 11.3. The Kier molecular flexibility index (Phi) is 10.6. The van der Waals surface area contributed by atoms with E-state index in [1.807, 2.05) is 60.7 Å². The molecular formula is C31H38N2O4S. The van der Waals surface area contributed by atoms with Crippen LogP contribution >= 0.6 is 11.8 Å². The lowest BCUT2D eigenvalue weighted by Crippen LogP contribution is -2.50. The summed E-state index contributed by atoms with van der Waals surface area (Å²) in [6.07, 6.45) is 3.26. The molecule has 0 radical (unpaired) electrons. The highest BCUT2D eigenvalue weighted by molar-refractivity contribution is 7.99. The van der Waals surface area contributed by atoms with Crippen molar-refractivity contribution in [3.05, 3.63) is 95.4 Å². The van der Waals surface area contributed by atoms with E-state index in [0.29, 0.717) is 37.0 Å². The number of rotatable bonds is 14. The molecule has 0 bridgehead atoms. The third-order valence-electron chi connectivity index (χ3n) is 6.68. The lowest BCUT2D eigenvalue weighted by Gasteiger charge is -2.29. The Morgan fingerprint density at radius 3 is 2.58 bits per heavy atom. The van der Waals surface area contributed by atoms with E-state index in [1.165, 1.54) is 0 Å². The van der Waals surface area contributed by atoms with Crippen LogP contribution in [0, 0.1) is 5.92 Å². The molecule has 2 heterocycles. The molecule has 7 heteroatoms. The number of hydrogen-bond donors (Lipinski definition) is 2. The molecular weight excluding hydrogens is 496 g/mol. The molecule has 0 fully saturated rings. The van der Waals surface area contributed by atoms with Gasteiger partial charge in [0.25, 0.3) is 5.91 Å². The monoisotopic (exact) mass is 534 g/mol. The maximum atomic E-state index is 13.3. The number of amides is 1. The first-order valence-electron chi connectivity index (χ1n) is 13.4. The number of benzene rings is 2. The Hall–Kier alpha value is -2.87. The molecule has 4 rings (SSSR count). The largest absolute Gasteiger partial charge is 0.468 e. The van der Waals surface area contributed by atoms with Gasteiger partial charge in [0, 0.05) is 12.6 Å². The van der Waals surface area contributed by atoms with Gasteiger partial charge in [-0.05, 0) is 54.0 Å². The molecule has 2 aromatic carbocycles. The van der Waals surface area contributed by atoms with Crippen LogP contribution in [0.25, 0.3) is 0 Å². The summed E-state index contributed by atoms with van der Waals surface area (Å²) in [5.74, 6) is 2.31. The molecule has 1 aromatic heterocycles. The maximum absolute atomic E-state index is 13.3. The molecule has 38 heavy (non-hydrogen) atoms. The van der Waals surface area contributed by atoms with Crippen LogP contribution in [-0.2, 0) is 32.9 Å². The van der Waals surface area contributed by atoms with Crippen LogP contribution in [0.2, 0.25) is 0 Å². The van der Waals surface area contributed by atoms with E-state index in [2.05, 4.69) is 30.5 Å². The fourth-order valence-corrected chi connectivity index (χ4v) is 5.70. The van der Waals surface area contributed by atoms with Crippen LogP contribution in [0.5, 0.6) is 0 Å². The summed E-state index contributed by atoms with van der Waals surface area (Å²) in [6.45, 7) is 5.32. The molecule has 6 nitrogen and oxygen atoms in total. The maximum Gasteiger partial charge on any atom is 0.254 e. The molecule has 3 atom stereocenters. The van der Waals surface area contributed by atoms with Gasteiger partial charge < -0.3 is 19.8 Å². The number of fused-ring (bicyclic) bond motifs is 1. The number of ether oxygens (including phenoxy) is 1. The zero-order valence-electron chi connectivity index (χ0n) is 22.2. The minimum absolute atomic E-state index is 0.121. The van der Waals surface area contributed by atoms with Crippen molar-refractivity contribution in [1.82, 2.24) is 10.6 Å². The smallest absolute Gasteiger partial charge is 0.254 e. The number of hydrogen-bond acceptors (Lipinski definition) is 6. The minimum Gasteiger partial charge on any atom is -0.468 e. The van der Waals surface area contributed by atoms with Gasteiger partial charge in [0.15, 0.2) is 11.9 Å².